The molecule has 63 heavy (non-hydrogen) atoms. The van der Waals surface area contributed by atoms with Crippen LogP contribution in [0, 0.1) is 6.92 Å². The number of hydrogen-bond acceptors (Lipinski definition) is 3. The van der Waals surface area contributed by atoms with Gasteiger partial charge in [-0.05, 0) is 116 Å². The summed E-state index contributed by atoms with van der Waals surface area (Å²) in [7, 11) is 0. The number of rotatable bonds is 6. The maximum Gasteiger partial charge on any atom is 0.149 e. The molecule has 0 aliphatic rings. The highest BCUT2D eigenvalue weighted by Gasteiger charge is 2.30. The first-order valence-corrected chi connectivity index (χ1v) is 19.4. The summed E-state index contributed by atoms with van der Waals surface area (Å²) in [4.78, 5) is 9.40. The van der Waals surface area contributed by atoms with Crippen LogP contribution in [0.15, 0.2) is 140 Å². The van der Waals surface area contributed by atoms with E-state index in [1.54, 1.807) is 30.3 Å². The van der Waals surface area contributed by atoms with E-state index in [1.165, 1.54) is 66.9 Å². The summed E-state index contributed by atoms with van der Waals surface area (Å²) >= 11 is 0. The van der Waals surface area contributed by atoms with Crippen molar-refractivity contribution in [3.05, 3.63) is 167 Å². The Morgan fingerprint density at radius 2 is 1.14 bits per heavy atom. The lowest BCUT2D eigenvalue weighted by Gasteiger charge is -2.28. The van der Waals surface area contributed by atoms with Crippen LogP contribution in [0.5, 0.6) is 5.75 Å². The highest BCUT2D eigenvalue weighted by molar-refractivity contribution is 5.98. The minimum absolute atomic E-state index is 0.0308. The Hall–Kier alpha value is -6.26. The second-order valence-electron chi connectivity index (χ2n) is 15.6. The van der Waals surface area contributed by atoms with E-state index in [9.17, 15) is 5.11 Å². The third kappa shape index (κ3) is 8.61. The molecule has 8 aromatic rings. The van der Waals surface area contributed by atoms with Gasteiger partial charge in [-0.15, -0.1) is 0 Å². The van der Waals surface area contributed by atoms with Crippen LogP contribution in [-0.2, 0) is 21.7 Å². The topological polar surface area (TPSA) is 50.9 Å². The number of pyridine rings is 1. The molecule has 4 heteroatoms. The fourth-order valence-electron chi connectivity index (χ4n) is 7.54. The predicted octanol–water partition coefficient (Wildman–Crippen LogP) is 16.0. The fourth-order valence-corrected chi connectivity index (χ4v) is 7.54. The molecule has 8 rings (SSSR count). The van der Waals surface area contributed by atoms with E-state index in [1.807, 2.05) is 6.92 Å². The van der Waals surface area contributed by atoms with Crippen molar-refractivity contribution >= 4 is 11.0 Å². The molecule has 0 aliphatic carbocycles. The molecule has 0 fully saturated rings. The van der Waals surface area contributed by atoms with Crippen molar-refractivity contribution in [1.29, 1.82) is 0 Å². The van der Waals surface area contributed by atoms with Gasteiger partial charge >= 0.3 is 0 Å². The largest absolute Gasteiger partial charge is 0.507 e. The Kier molecular flexibility index (Phi) is 4.45. The van der Waals surface area contributed by atoms with E-state index < -0.39 is 154 Å². The molecular weight excluding hydrogens is 767 g/mol. The SMILES string of the molecule is [2H]C([2H])([2H])C(c1cc(-c2cc(-c3ccc(C)cc3)ccn2)cc(-c2cccc3c2nc(-c2cc(C(C([2H])([2H])[2H])(C([2H])([2H])[2H])C([2H])([2H])[2H])cc(C(C([2H])([2H])[2H])(C([2H])([2H])[2H])C([2H])([2H])[2H])c2O)n3-c2ccc(C(C([2H])([2H])[2H])(C([2H])([2H])[2H])C([2H])([2H])[2H])cc2-c2ccccc2)c1)(C([2H])([2H])[2H])C([2H])([2H])[2H]. The van der Waals surface area contributed by atoms with Gasteiger partial charge in [0, 0.05) is 77.8 Å². The first-order chi connectivity index (χ1) is 44.6. The molecule has 1 N–H and O–H groups in total. The number of imidazole rings is 1. The van der Waals surface area contributed by atoms with Crippen molar-refractivity contribution in [2.24, 2.45) is 0 Å². The van der Waals surface area contributed by atoms with E-state index in [2.05, 4.69) is 4.98 Å². The Morgan fingerprint density at radius 1 is 0.492 bits per heavy atom. The quantitative estimate of drug-likeness (QED) is 0.181. The summed E-state index contributed by atoms with van der Waals surface area (Å²) in [5.74, 6) is -2.77. The molecule has 0 saturated heterocycles. The number of phenols is 1. The maximum absolute atomic E-state index is 13.2. The normalized spacial score (nSPS) is 23.4. The molecule has 2 heterocycles. The van der Waals surface area contributed by atoms with E-state index in [-0.39, 0.29) is 45.1 Å². The minimum Gasteiger partial charge on any atom is -0.507 e. The van der Waals surface area contributed by atoms with Crippen LogP contribution < -0.4 is 0 Å². The summed E-state index contributed by atoms with van der Waals surface area (Å²) in [6.07, 6.45) is 1.34. The van der Waals surface area contributed by atoms with Gasteiger partial charge in [0.1, 0.15) is 11.6 Å². The highest BCUT2D eigenvalue weighted by atomic mass is 16.3. The zero-order chi connectivity index (χ0) is 75.2. The van der Waals surface area contributed by atoms with Gasteiger partial charge in [-0.2, -0.15) is 0 Å². The molecule has 2 aromatic heterocycles. The molecule has 6 aromatic carbocycles. The Bertz CT molecular complexity index is 4190. The zero-order valence-electron chi connectivity index (χ0n) is 69.6. The zero-order valence-corrected chi connectivity index (χ0v) is 33.6. The number of aromatic hydroxyl groups is 1. The smallest absolute Gasteiger partial charge is 0.149 e. The molecule has 0 unspecified atom stereocenters. The van der Waals surface area contributed by atoms with Gasteiger partial charge in [0.05, 0.1) is 28.0 Å². The fraction of sp³-hybridized carbons (Fsp3) is 0.288. The Labute approximate surface area is 426 Å². The minimum atomic E-state index is -4.48. The predicted molar refractivity (Wildman–Crippen MR) is 267 cm³/mol. The molecule has 0 atom stereocenters. The summed E-state index contributed by atoms with van der Waals surface area (Å²) in [5.41, 5.74) is -23.4. The van der Waals surface area contributed by atoms with E-state index >= 15 is 0 Å². The lowest BCUT2D eigenvalue weighted by Crippen LogP contribution is -2.17. The molecule has 0 bridgehead atoms. The third-order valence-corrected chi connectivity index (χ3v) is 10.7. The highest BCUT2D eigenvalue weighted by Crippen LogP contribution is 2.46. The monoisotopic (exact) mass is 866 g/mol. The van der Waals surface area contributed by atoms with Crippen molar-refractivity contribution < 1.29 is 54.5 Å². The molecular formula is C59H63N3O. The first-order valence-electron chi connectivity index (χ1n) is 37.4. The van der Waals surface area contributed by atoms with Gasteiger partial charge in [0.15, 0.2) is 0 Å². The lowest BCUT2D eigenvalue weighted by atomic mass is 9.79. The van der Waals surface area contributed by atoms with Crippen molar-refractivity contribution in [3.8, 4) is 67.5 Å². The second-order valence-corrected chi connectivity index (χ2v) is 15.6. The molecule has 0 amide bonds. The second kappa shape index (κ2) is 15.8. The van der Waals surface area contributed by atoms with Crippen molar-refractivity contribution in [1.82, 2.24) is 14.5 Å². The van der Waals surface area contributed by atoms with Crippen LogP contribution in [0.2, 0.25) is 0 Å². The van der Waals surface area contributed by atoms with Crippen LogP contribution >= 0.6 is 0 Å². The number of para-hydroxylation sites is 1. The average Bonchev–Trinajstić information content (AvgIpc) is 1.24. The standard InChI is InChI=1S/C59H63N3O/c1-37-22-24-38(25-23-37)40-28-29-60-50(33-40)42-30-41(31-44(32-42)57(5,6)7)46-20-17-21-52-53(46)61-55(48-35-45(58(8,9)10)36-49(54(48)63)59(11,12)13)62(52)51-27-26-43(56(2,3)4)34-47(51)39-18-15-14-16-19-39/h14-36,63H,1-13H3/i2D3,3D3,4D3,5D3,6D3,7D3,8D3,9D3,10D3,11D3,12D3,13D3. The summed E-state index contributed by atoms with van der Waals surface area (Å²) in [6.45, 7) is -48.0. The van der Waals surface area contributed by atoms with E-state index in [0.717, 1.165) is 40.5 Å². The van der Waals surface area contributed by atoms with Gasteiger partial charge in [0.2, 0.25) is 0 Å². The Balaban J connectivity index is 1.74. The third-order valence-electron chi connectivity index (χ3n) is 10.7. The Morgan fingerprint density at radius 3 is 1.84 bits per heavy atom. The molecule has 0 aliphatic heterocycles. The van der Waals surface area contributed by atoms with Crippen LogP contribution in [0.3, 0.4) is 0 Å². The van der Waals surface area contributed by atoms with Crippen LogP contribution in [0.25, 0.3) is 72.7 Å². The van der Waals surface area contributed by atoms with Crippen LogP contribution in [0.4, 0.5) is 0 Å². The molecule has 4 nitrogen and oxygen atoms in total. The van der Waals surface area contributed by atoms with Gasteiger partial charge < -0.3 is 5.11 Å². The van der Waals surface area contributed by atoms with Gasteiger partial charge in [-0.3, -0.25) is 9.55 Å². The average molecular weight is 866 g/mol. The van der Waals surface area contributed by atoms with E-state index in [0.29, 0.717) is 17.2 Å². The van der Waals surface area contributed by atoms with Crippen molar-refractivity contribution in [2.45, 2.75) is 111 Å². The number of nitrogens with zero attached hydrogens (tertiary/aromatic N) is 3. The van der Waals surface area contributed by atoms with Gasteiger partial charge in [-0.25, -0.2) is 4.98 Å². The van der Waals surface area contributed by atoms with Crippen LogP contribution in [0.1, 0.15) is 159 Å². The lowest BCUT2D eigenvalue weighted by molar-refractivity contribution is 0.446. The van der Waals surface area contributed by atoms with Gasteiger partial charge in [0.25, 0.3) is 0 Å². The summed E-state index contributed by atoms with van der Waals surface area (Å²) in [6, 6.07) is 27.1. The number of hydrogen-bond donors (Lipinski definition) is 1. The number of aromatic nitrogens is 3. The number of fused-ring (bicyclic) bond motifs is 1. The van der Waals surface area contributed by atoms with Crippen LogP contribution in [-0.4, -0.2) is 19.6 Å². The van der Waals surface area contributed by atoms with Crippen molar-refractivity contribution in [3.63, 3.8) is 0 Å². The first kappa shape index (κ1) is 17.7. The summed E-state index contributed by atoms with van der Waals surface area (Å²) < 4.78 is 317. The van der Waals surface area contributed by atoms with E-state index in [4.69, 9.17) is 54.3 Å². The number of phenolic OH excluding ortho intramolecular Hbond substituents is 1. The molecule has 0 radical (unpaired) electrons. The number of benzene rings is 6. The van der Waals surface area contributed by atoms with Crippen molar-refractivity contribution in [2.75, 3.05) is 0 Å². The molecule has 0 spiro atoms. The molecule has 320 valence electrons. The van der Waals surface area contributed by atoms with Gasteiger partial charge in [-0.1, -0.05) is 173 Å². The maximum atomic E-state index is 13.2. The summed E-state index contributed by atoms with van der Waals surface area (Å²) in [5, 5.41) is 13.2. The molecule has 0 saturated carbocycles. The number of aryl methyl sites for hydroxylation is 1.